The molecule has 1 aromatic carbocycles. The first-order valence-electron chi connectivity index (χ1n) is 8.06. The van der Waals surface area contributed by atoms with E-state index in [9.17, 15) is 9.59 Å². The number of benzene rings is 1. The van der Waals surface area contributed by atoms with Crippen LogP contribution in [-0.4, -0.2) is 39.4 Å². The van der Waals surface area contributed by atoms with Crippen LogP contribution in [0.3, 0.4) is 0 Å². The van der Waals surface area contributed by atoms with E-state index >= 15 is 0 Å². The van der Waals surface area contributed by atoms with Crippen molar-refractivity contribution in [2.45, 2.75) is 38.6 Å². The van der Waals surface area contributed by atoms with Crippen molar-refractivity contribution in [3.63, 3.8) is 0 Å². The third-order valence-electron chi connectivity index (χ3n) is 4.03. The van der Waals surface area contributed by atoms with Crippen LogP contribution in [0.15, 0.2) is 34.9 Å². The van der Waals surface area contributed by atoms with E-state index in [1.807, 2.05) is 32.0 Å². The summed E-state index contributed by atoms with van der Waals surface area (Å²) in [5, 5.41) is 6.44. The maximum Gasteiger partial charge on any atom is 0.328 e. The topological polar surface area (TPSA) is 88.3 Å². The number of nitrogens with zero attached hydrogens (tertiary/aromatic N) is 3. The quantitative estimate of drug-likeness (QED) is 0.931. The minimum atomic E-state index is -0.521. The third-order valence-corrected chi connectivity index (χ3v) is 4.03. The average molecular weight is 328 g/mol. The lowest BCUT2D eigenvalue weighted by molar-refractivity contribution is -0.119. The molecule has 2 amide bonds. The molecular formula is C17H20N4O3. The SMILES string of the molecule is CC(C)c1noc(NC(=O)[C@H]2CCCN2C(=O)c2ccccc2)n1. The van der Waals surface area contributed by atoms with Gasteiger partial charge in [-0.15, -0.1) is 0 Å². The molecule has 0 aliphatic carbocycles. The molecule has 24 heavy (non-hydrogen) atoms. The van der Waals surface area contributed by atoms with Crippen LogP contribution in [0.1, 0.15) is 48.8 Å². The summed E-state index contributed by atoms with van der Waals surface area (Å²) in [4.78, 5) is 30.8. The molecule has 7 nitrogen and oxygen atoms in total. The van der Waals surface area contributed by atoms with Crippen molar-refractivity contribution in [3.05, 3.63) is 41.7 Å². The van der Waals surface area contributed by atoms with Crippen molar-refractivity contribution in [3.8, 4) is 0 Å². The molecule has 1 aliphatic rings. The van der Waals surface area contributed by atoms with Crippen LogP contribution < -0.4 is 5.32 Å². The number of rotatable bonds is 4. The zero-order valence-corrected chi connectivity index (χ0v) is 13.7. The van der Waals surface area contributed by atoms with Crippen molar-refractivity contribution in [2.24, 2.45) is 0 Å². The summed E-state index contributed by atoms with van der Waals surface area (Å²) in [5.41, 5.74) is 0.581. The van der Waals surface area contributed by atoms with Gasteiger partial charge in [-0.05, 0) is 25.0 Å². The molecule has 1 aromatic heterocycles. The first-order valence-corrected chi connectivity index (χ1v) is 8.06. The Morgan fingerprint density at radius 2 is 2.04 bits per heavy atom. The molecule has 0 bridgehead atoms. The number of likely N-dealkylation sites (tertiary alicyclic amines) is 1. The molecule has 7 heteroatoms. The third kappa shape index (κ3) is 3.29. The molecule has 0 spiro atoms. The first-order chi connectivity index (χ1) is 11.6. The van der Waals surface area contributed by atoms with Gasteiger partial charge in [0.05, 0.1) is 0 Å². The fraction of sp³-hybridized carbons (Fsp3) is 0.412. The van der Waals surface area contributed by atoms with Gasteiger partial charge in [0.2, 0.25) is 0 Å². The Kier molecular flexibility index (Phi) is 4.59. The fourth-order valence-corrected chi connectivity index (χ4v) is 2.74. The van der Waals surface area contributed by atoms with Crippen molar-refractivity contribution < 1.29 is 14.1 Å². The van der Waals surface area contributed by atoms with Gasteiger partial charge in [0.25, 0.3) is 11.8 Å². The highest BCUT2D eigenvalue weighted by Crippen LogP contribution is 2.22. The summed E-state index contributed by atoms with van der Waals surface area (Å²) in [6.45, 7) is 4.44. The Bertz CT molecular complexity index is 726. The Hall–Kier alpha value is -2.70. The molecule has 1 fully saturated rings. The van der Waals surface area contributed by atoms with Gasteiger partial charge in [-0.2, -0.15) is 4.98 Å². The Labute approximate surface area is 140 Å². The first kappa shape index (κ1) is 16.2. The van der Waals surface area contributed by atoms with Gasteiger partial charge < -0.3 is 9.42 Å². The van der Waals surface area contributed by atoms with E-state index in [2.05, 4.69) is 15.5 Å². The minimum Gasteiger partial charge on any atom is -0.327 e. The van der Waals surface area contributed by atoms with Crippen LogP contribution >= 0.6 is 0 Å². The van der Waals surface area contributed by atoms with Crippen molar-refractivity contribution in [2.75, 3.05) is 11.9 Å². The second-order valence-corrected chi connectivity index (χ2v) is 6.12. The number of anilines is 1. The van der Waals surface area contributed by atoms with E-state index in [1.165, 1.54) is 0 Å². The molecule has 126 valence electrons. The number of aromatic nitrogens is 2. The summed E-state index contributed by atoms with van der Waals surface area (Å²) < 4.78 is 5.04. The maximum absolute atomic E-state index is 12.6. The number of hydrogen-bond donors (Lipinski definition) is 1. The minimum absolute atomic E-state index is 0.0720. The van der Waals surface area contributed by atoms with Crippen LogP contribution in [0.4, 0.5) is 6.01 Å². The van der Waals surface area contributed by atoms with Gasteiger partial charge in [0, 0.05) is 18.0 Å². The number of carbonyl (C=O) groups is 2. The molecule has 1 atom stereocenters. The Morgan fingerprint density at radius 1 is 1.29 bits per heavy atom. The molecule has 1 N–H and O–H groups in total. The zero-order chi connectivity index (χ0) is 17.1. The Balaban J connectivity index is 1.70. The van der Waals surface area contributed by atoms with Gasteiger partial charge in [0.1, 0.15) is 6.04 Å². The highest BCUT2D eigenvalue weighted by atomic mass is 16.5. The molecule has 2 heterocycles. The second kappa shape index (κ2) is 6.82. The van der Waals surface area contributed by atoms with Gasteiger partial charge in [-0.25, -0.2) is 0 Å². The summed E-state index contributed by atoms with van der Waals surface area (Å²) in [6, 6.07) is 8.53. The summed E-state index contributed by atoms with van der Waals surface area (Å²) in [7, 11) is 0. The van der Waals surface area contributed by atoms with E-state index in [0.29, 0.717) is 24.4 Å². The second-order valence-electron chi connectivity index (χ2n) is 6.12. The number of nitrogens with one attached hydrogen (secondary N) is 1. The standard InChI is InChI=1S/C17H20N4O3/c1-11(2)14-18-17(24-20-14)19-15(22)13-9-6-10-21(13)16(23)12-7-4-3-5-8-12/h3-5,7-8,11,13H,6,9-10H2,1-2H3,(H,18,19,20,22)/t13-/m1/s1. The predicted octanol–water partition coefficient (Wildman–Crippen LogP) is 2.44. The monoisotopic (exact) mass is 328 g/mol. The number of carbonyl (C=O) groups excluding carboxylic acids is 2. The van der Waals surface area contributed by atoms with Gasteiger partial charge in [0.15, 0.2) is 5.82 Å². The molecule has 0 unspecified atom stereocenters. The number of amides is 2. The molecule has 1 saturated heterocycles. The molecule has 3 rings (SSSR count). The highest BCUT2D eigenvalue weighted by molar-refractivity contribution is 6.00. The van der Waals surface area contributed by atoms with Gasteiger partial charge >= 0.3 is 6.01 Å². The highest BCUT2D eigenvalue weighted by Gasteiger charge is 2.35. The molecule has 1 aliphatic heterocycles. The lowest BCUT2D eigenvalue weighted by atomic mass is 10.1. The number of hydrogen-bond acceptors (Lipinski definition) is 5. The lowest BCUT2D eigenvalue weighted by Crippen LogP contribution is -2.43. The molecule has 0 radical (unpaired) electrons. The summed E-state index contributed by atoms with van der Waals surface area (Å²) in [6.07, 6.45) is 1.41. The van der Waals surface area contributed by atoms with Crippen LogP contribution in [0.5, 0.6) is 0 Å². The van der Waals surface area contributed by atoms with Crippen LogP contribution in [0.2, 0.25) is 0 Å². The lowest BCUT2D eigenvalue weighted by Gasteiger charge is -2.23. The van der Waals surface area contributed by atoms with Gasteiger partial charge in [-0.3, -0.25) is 14.9 Å². The zero-order valence-electron chi connectivity index (χ0n) is 13.7. The normalized spacial score (nSPS) is 17.3. The molecule has 2 aromatic rings. The van der Waals surface area contributed by atoms with E-state index in [4.69, 9.17) is 4.52 Å². The largest absolute Gasteiger partial charge is 0.328 e. The van der Waals surface area contributed by atoms with Crippen LogP contribution in [0, 0.1) is 0 Å². The van der Waals surface area contributed by atoms with E-state index in [1.54, 1.807) is 17.0 Å². The van der Waals surface area contributed by atoms with Crippen LogP contribution in [-0.2, 0) is 4.79 Å². The van der Waals surface area contributed by atoms with Crippen molar-refractivity contribution in [1.29, 1.82) is 0 Å². The Morgan fingerprint density at radius 3 is 2.71 bits per heavy atom. The molecular weight excluding hydrogens is 308 g/mol. The molecule has 0 saturated carbocycles. The smallest absolute Gasteiger partial charge is 0.327 e. The summed E-state index contributed by atoms with van der Waals surface area (Å²) in [5.74, 6) is 0.216. The predicted molar refractivity (Wildman–Crippen MR) is 87.5 cm³/mol. The van der Waals surface area contributed by atoms with Crippen molar-refractivity contribution >= 4 is 17.8 Å². The van der Waals surface area contributed by atoms with E-state index in [0.717, 1.165) is 6.42 Å². The fourth-order valence-electron chi connectivity index (χ4n) is 2.74. The average Bonchev–Trinajstić information content (AvgIpc) is 3.24. The van der Waals surface area contributed by atoms with Crippen molar-refractivity contribution in [1.82, 2.24) is 15.0 Å². The summed E-state index contributed by atoms with van der Waals surface area (Å²) >= 11 is 0. The maximum atomic E-state index is 12.6. The van der Waals surface area contributed by atoms with Gasteiger partial charge in [-0.1, -0.05) is 37.2 Å². The van der Waals surface area contributed by atoms with E-state index in [-0.39, 0.29) is 23.7 Å². The van der Waals surface area contributed by atoms with E-state index < -0.39 is 6.04 Å². The van der Waals surface area contributed by atoms with Crippen LogP contribution in [0.25, 0.3) is 0 Å².